The molecule has 0 fully saturated rings. The molecule has 0 spiro atoms. The third-order valence-electron chi connectivity index (χ3n) is 4.93. The largest absolute Gasteiger partial charge is 0.497 e. The number of carboxylic acids is 1. The smallest absolute Gasteiger partial charge is 0.353 e. The minimum Gasteiger partial charge on any atom is -0.497 e. The number of oxime groups is 1. The lowest BCUT2D eigenvalue weighted by atomic mass is 10.0. The fraction of sp³-hybridized carbons (Fsp3) is 0.423. The third-order valence-corrected chi connectivity index (χ3v) is 5.16. The van der Waals surface area contributed by atoms with Crippen molar-refractivity contribution in [3.05, 3.63) is 52.5 Å². The van der Waals surface area contributed by atoms with Crippen LogP contribution in [0, 0.1) is 0 Å². The van der Waals surface area contributed by atoms with E-state index in [0.717, 1.165) is 0 Å². The lowest BCUT2D eigenvalue weighted by Gasteiger charge is -2.26. The van der Waals surface area contributed by atoms with Crippen LogP contribution in [-0.2, 0) is 19.2 Å². The first-order valence-electron chi connectivity index (χ1n) is 11.2. The van der Waals surface area contributed by atoms with Gasteiger partial charge in [0.2, 0.25) is 5.60 Å². The summed E-state index contributed by atoms with van der Waals surface area (Å²) < 4.78 is 16.1. The Morgan fingerprint density at radius 2 is 1.69 bits per heavy atom. The average Bonchev–Trinajstić information content (AvgIpc) is 2.79. The summed E-state index contributed by atoms with van der Waals surface area (Å²) in [6.45, 7) is 10.1. The van der Waals surface area contributed by atoms with E-state index in [-0.39, 0.29) is 0 Å². The Bertz CT molecular complexity index is 1140. The van der Waals surface area contributed by atoms with Gasteiger partial charge in [0.1, 0.15) is 17.1 Å². The number of carbonyl (C=O) groups excluding carboxylic acids is 1. The molecule has 0 saturated carbocycles. The predicted molar refractivity (Wildman–Crippen MR) is 138 cm³/mol. The molecule has 0 aliphatic rings. The van der Waals surface area contributed by atoms with E-state index in [0.29, 0.717) is 39.0 Å². The van der Waals surface area contributed by atoms with Crippen LogP contribution in [0.15, 0.2) is 41.6 Å². The van der Waals surface area contributed by atoms with E-state index in [1.54, 1.807) is 77.9 Å². The van der Waals surface area contributed by atoms with Crippen molar-refractivity contribution in [2.24, 2.45) is 5.16 Å². The highest BCUT2D eigenvalue weighted by molar-refractivity contribution is 6.30. The maximum atomic E-state index is 12.5. The highest BCUT2D eigenvalue weighted by atomic mass is 35.5. The maximum absolute atomic E-state index is 12.5. The van der Waals surface area contributed by atoms with E-state index in [1.165, 1.54) is 14.2 Å². The van der Waals surface area contributed by atoms with E-state index in [1.807, 2.05) is 0 Å². The SMILES string of the molecule is COc1cc(NC(C(=O)O)c2ccc(Cl)cc2OC)cc(/C(C)=N/OC(C)(C)C(=O)OC(C)(C)C)c1. The molecule has 2 aromatic rings. The van der Waals surface area contributed by atoms with Crippen LogP contribution in [0.25, 0.3) is 0 Å². The number of methoxy groups -OCH3 is 2. The third kappa shape index (κ3) is 7.78. The van der Waals surface area contributed by atoms with Crippen molar-refractivity contribution in [1.82, 2.24) is 0 Å². The normalized spacial score (nSPS) is 13.0. The zero-order valence-corrected chi connectivity index (χ0v) is 22.5. The molecule has 2 rings (SSSR count). The summed E-state index contributed by atoms with van der Waals surface area (Å²) >= 11 is 6.03. The topological polar surface area (TPSA) is 116 Å². The van der Waals surface area contributed by atoms with Gasteiger partial charge in [-0.05, 0) is 65.8 Å². The van der Waals surface area contributed by atoms with Crippen LogP contribution in [0.2, 0.25) is 5.02 Å². The first kappa shape index (κ1) is 28.8. The summed E-state index contributed by atoms with van der Waals surface area (Å²) in [5, 5.41) is 17.5. The Kier molecular flexibility index (Phi) is 9.21. The average molecular weight is 521 g/mol. The number of carboxylic acid groups (broad SMARTS) is 1. The summed E-state index contributed by atoms with van der Waals surface area (Å²) in [7, 11) is 2.94. The number of ether oxygens (including phenoxy) is 3. The van der Waals surface area contributed by atoms with Crippen molar-refractivity contribution < 1.29 is 33.7 Å². The first-order chi connectivity index (χ1) is 16.7. The van der Waals surface area contributed by atoms with Crippen LogP contribution in [0.5, 0.6) is 11.5 Å². The Labute approximate surface area is 216 Å². The Balaban J connectivity index is 2.37. The molecule has 0 aliphatic carbocycles. The second-order valence-corrected chi connectivity index (χ2v) is 9.97. The van der Waals surface area contributed by atoms with Gasteiger partial charge in [0.15, 0.2) is 6.04 Å². The summed E-state index contributed by atoms with van der Waals surface area (Å²) in [5.74, 6) is -0.877. The minimum atomic E-state index is -1.33. The number of hydrogen-bond donors (Lipinski definition) is 2. The molecular formula is C26H33ClN2O7. The molecule has 1 unspecified atom stereocenters. The second-order valence-electron chi connectivity index (χ2n) is 9.53. The molecular weight excluding hydrogens is 488 g/mol. The molecule has 2 aromatic carbocycles. The van der Waals surface area contributed by atoms with Gasteiger partial charge in [-0.1, -0.05) is 22.8 Å². The lowest BCUT2D eigenvalue weighted by molar-refractivity contribution is -0.179. The lowest BCUT2D eigenvalue weighted by Crippen LogP contribution is -2.40. The molecule has 10 heteroatoms. The Morgan fingerprint density at radius 3 is 2.25 bits per heavy atom. The van der Waals surface area contributed by atoms with Crippen LogP contribution in [0.1, 0.15) is 58.7 Å². The van der Waals surface area contributed by atoms with Gasteiger partial charge >= 0.3 is 11.9 Å². The van der Waals surface area contributed by atoms with Crippen LogP contribution in [0.4, 0.5) is 5.69 Å². The van der Waals surface area contributed by atoms with Crippen molar-refractivity contribution in [3.8, 4) is 11.5 Å². The number of halogens is 1. The van der Waals surface area contributed by atoms with Gasteiger partial charge in [0.25, 0.3) is 0 Å². The number of aliphatic carboxylic acids is 1. The number of hydrogen-bond acceptors (Lipinski definition) is 8. The van der Waals surface area contributed by atoms with E-state index >= 15 is 0 Å². The summed E-state index contributed by atoms with van der Waals surface area (Å²) in [6.07, 6.45) is 0. The number of nitrogens with zero attached hydrogens (tertiary/aromatic N) is 1. The van der Waals surface area contributed by atoms with Crippen LogP contribution >= 0.6 is 11.6 Å². The van der Waals surface area contributed by atoms with Crippen molar-refractivity contribution in [3.63, 3.8) is 0 Å². The van der Waals surface area contributed by atoms with Gasteiger partial charge in [-0.25, -0.2) is 9.59 Å². The van der Waals surface area contributed by atoms with Crippen molar-refractivity contribution >= 4 is 34.9 Å². The molecule has 0 aliphatic heterocycles. The molecule has 0 heterocycles. The fourth-order valence-electron chi connectivity index (χ4n) is 3.05. The molecule has 0 amide bonds. The molecule has 2 N–H and O–H groups in total. The number of esters is 1. The molecule has 9 nitrogen and oxygen atoms in total. The van der Waals surface area contributed by atoms with E-state index < -0.39 is 29.2 Å². The van der Waals surface area contributed by atoms with Gasteiger partial charge in [-0.2, -0.15) is 0 Å². The maximum Gasteiger partial charge on any atom is 0.353 e. The molecule has 36 heavy (non-hydrogen) atoms. The number of benzene rings is 2. The number of rotatable bonds is 10. The molecule has 0 radical (unpaired) electrons. The standard InChI is InChI=1S/C26H33ClN2O7/c1-15(29-36-26(5,6)24(32)35-25(2,3)4)16-11-18(14-19(12-16)33-7)28-22(23(30)31)20-10-9-17(27)13-21(20)34-8/h9-14,22,28H,1-8H3,(H,30,31)/b29-15+. The van der Waals surface area contributed by atoms with Crippen molar-refractivity contribution in [2.75, 3.05) is 19.5 Å². The Hall–Kier alpha value is -3.46. The molecule has 0 aromatic heterocycles. The quantitative estimate of drug-likeness (QED) is 0.241. The zero-order chi connectivity index (χ0) is 27.3. The highest BCUT2D eigenvalue weighted by Gasteiger charge is 2.35. The predicted octanol–water partition coefficient (Wildman–Crippen LogP) is 5.46. The van der Waals surface area contributed by atoms with Gasteiger partial charge < -0.3 is 29.5 Å². The van der Waals surface area contributed by atoms with Gasteiger partial charge in [0, 0.05) is 27.9 Å². The van der Waals surface area contributed by atoms with Crippen molar-refractivity contribution in [1.29, 1.82) is 0 Å². The molecule has 1 atom stereocenters. The number of carbonyl (C=O) groups is 2. The van der Waals surface area contributed by atoms with Gasteiger partial charge in [0.05, 0.1) is 19.9 Å². The number of nitrogens with one attached hydrogen (secondary N) is 1. The second kappa shape index (κ2) is 11.5. The molecule has 196 valence electrons. The van der Waals surface area contributed by atoms with Crippen LogP contribution < -0.4 is 14.8 Å². The van der Waals surface area contributed by atoms with E-state index in [4.69, 9.17) is 30.6 Å². The minimum absolute atomic E-state index is 0.334. The zero-order valence-electron chi connectivity index (χ0n) is 21.8. The monoisotopic (exact) mass is 520 g/mol. The van der Waals surface area contributed by atoms with Gasteiger partial charge in [-0.3, -0.25) is 0 Å². The first-order valence-corrected chi connectivity index (χ1v) is 11.5. The van der Waals surface area contributed by atoms with E-state index in [2.05, 4.69) is 10.5 Å². The summed E-state index contributed by atoms with van der Waals surface area (Å²) in [5.41, 5.74) is -0.124. The fourth-order valence-corrected chi connectivity index (χ4v) is 3.21. The molecule has 0 bridgehead atoms. The highest BCUT2D eigenvalue weighted by Crippen LogP contribution is 2.32. The van der Waals surface area contributed by atoms with Gasteiger partial charge in [-0.15, -0.1) is 0 Å². The van der Waals surface area contributed by atoms with Crippen LogP contribution in [-0.4, -0.2) is 48.2 Å². The van der Waals surface area contributed by atoms with Crippen LogP contribution in [0.3, 0.4) is 0 Å². The Morgan fingerprint density at radius 1 is 1.03 bits per heavy atom. The van der Waals surface area contributed by atoms with Crippen molar-refractivity contribution in [2.45, 2.75) is 58.8 Å². The number of anilines is 1. The summed E-state index contributed by atoms with van der Waals surface area (Å²) in [4.78, 5) is 30.1. The molecule has 0 saturated heterocycles. The summed E-state index contributed by atoms with van der Waals surface area (Å²) in [6, 6.07) is 8.65. The van der Waals surface area contributed by atoms with E-state index in [9.17, 15) is 14.7 Å².